The van der Waals surface area contributed by atoms with Gasteiger partial charge in [0.15, 0.2) is 5.96 Å². The first kappa shape index (κ1) is 23.7. The molecule has 2 rings (SSSR count). The molecule has 1 heterocycles. The number of hydrogen-bond acceptors (Lipinski definition) is 3. The van der Waals surface area contributed by atoms with Gasteiger partial charge in [0.2, 0.25) is 0 Å². The minimum Gasteiger partial charge on any atom is -0.357 e. The van der Waals surface area contributed by atoms with Crippen molar-refractivity contribution in [2.75, 3.05) is 19.3 Å². The Labute approximate surface area is 182 Å². The van der Waals surface area contributed by atoms with E-state index in [-0.39, 0.29) is 29.8 Å². The van der Waals surface area contributed by atoms with Crippen LogP contribution in [-0.2, 0) is 18.7 Å². The van der Waals surface area contributed by atoms with E-state index in [0.717, 1.165) is 54.5 Å². The number of nitrogens with one attached hydrogen (secondary N) is 3. The number of H-pyrrole nitrogens is 1. The molecule has 0 radical (unpaired) electrons. The molecule has 0 amide bonds. The molecular formula is C19H29FIN5S. The van der Waals surface area contributed by atoms with Crippen molar-refractivity contribution >= 4 is 41.7 Å². The highest BCUT2D eigenvalue weighted by Crippen LogP contribution is 2.17. The molecule has 27 heavy (non-hydrogen) atoms. The second-order valence-corrected chi connectivity index (χ2v) is 6.96. The van der Waals surface area contributed by atoms with Crippen LogP contribution in [0.1, 0.15) is 35.7 Å². The summed E-state index contributed by atoms with van der Waals surface area (Å²) < 4.78 is 13.5. The van der Waals surface area contributed by atoms with Gasteiger partial charge in [0, 0.05) is 24.5 Å². The minimum absolute atomic E-state index is 0. The van der Waals surface area contributed by atoms with E-state index in [0.29, 0.717) is 6.54 Å². The van der Waals surface area contributed by atoms with Crippen molar-refractivity contribution in [3.05, 3.63) is 52.6 Å². The van der Waals surface area contributed by atoms with Crippen molar-refractivity contribution in [1.82, 2.24) is 20.8 Å². The second kappa shape index (κ2) is 13.0. The summed E-state index contributed by atoms with van der Waals surface area (Å²) in [5.74, 6) is 1.38. The summed E-state index contributed by atoms with van der Waals surface area (Å²) in [5.41, 5.74) is 4.45. The summed E-state index contributed by atoms with van der Waals surface area (Å²) in [4.78, 5) is 4.65. The smallest absolute Gasteiger partial charge is 0.191 e. The SMILES string of the molecule is CCNC(=NCc1ccc(F)cc1CSC)NCCCc1cn[nH]c1C.I. The Bertz CT molecular complexity index is 720. The van der Waals surface area contributed by atoms with Crippen LogP contribution >= 0.6 is 35.7 Å². The van der Waals surface area contributed by atoms with Gasteiger partial charge in [-0.3, -0.25) is 5.10 Å². The quantitative estimate of drug-likeness (QED) is 0.209. The fourth-order valence-corrected chi connectivity index (χ4v) is 3.24. The summed E-state index contributed by atoms with van der Waals surface area (Å²) in [5, 5.41) is 13.6. The Kier molecular flexibility index (Phi) is 11.4. The molecule has 150 valence electrons. The van der Waals surface area contributed by atoms with Crippen molar-refractivity contribution in [1.29, 1.82) is 0 Å². The lowest BCUT2D eigenvalue weighted by Crippen LogP contribution is -2.37. The molecule has 2 aromatic rings. The van der Waals surface area contributed by atoms with Gasteiger partial charge in [-0.1, -0.05) is 6.07 Å². The predicted molar refractivity (Wildman–Crippen MR) is 123 cm³/mol. The topological polar surface area (TPSA) is 65.1 Å². The number of aryl methyl sites for hydroxylation is 2. The van der Waals surface area contributed by atoms with E-state index in [2.05, 4.69) is 25.8 Å². The molecule has 0 aliphatic heterocycles. The van der Waals surface area contributed by atoms with E-state index in [4.69, 9.17) is 0 Å². The van der Waals surface area contributed by atoms with Gasteiger partial charge in [-0.25, -0.2) is 9.38 Å². The molecule has 0 bridgehead atoms. The van der Waals surface area contributed by atoms with Crippen LogP contribution < -0.4 is 10.6 Å². The predicted octanol–water partition coefficient (Wildman–Crippen LogP) is 4.03. The summed E-state index contributed by atoms with van der Waals surface area (Å²) in [6.45, 7) is 6.25. The number of halogens is 2. The molecule has 0 unspecified atom stereocenters. The lowest BCUT2D eigenvalue weighted by Gasteiger charge is -2.12. The third-order valence-electron chi connectivity index (χ3n) is 4.07. The Balaban J connectivity index is 0.00000364. The zero-order chi connectivity index (χ0) is 18.8. The molecule has 0 saturated carbocycles. The zero-order valence-electron chi connectivity index (χ0n) is 16.1. The molecular weight excluding hydrogens is 476 g/mol. The van der Waals surface area contributed by atoms with Crippen molar-refractivity contribution in [3.63, 3.8) is 0 Å². The average Bonchev–Trinajstić information content (AvgIpc) is 3.03. The van der Waals surface area contributed by atoms with E-state index in [1.165, 1.54) is 11.6 Å². The highest BCUT2D eigenvalue weighted by atomic mass is 127. The summed E-state index contributed by atoms with van der Waals surface area (Å²) in [6, 6.07) is 4.94. The molecule has 0 saturated heterocycles. The summed E-state index contributed by atoms with van der Waals surface area (Å²) in [7, 11) is 0. The maximum absolute atomic E-state index is 13.5. The Morgan fingerprint density at radius 1 is 1.26 bits per heavy atom. The van der Waals surface area contributed by atoms with Crippen LogP contribution in [0.2, 0.25) is 0 Å². The molecule has 1 aromatic heterocycles. The second-order valence-electron chi connectivity index (χ2n) is 6.09. The maximum atomic E-state index is 13.5. The van der Waals surface area contributed by atoms with E-state index in [1.54, 1.807) is 17.8 Å². The number of aromatic nitrogens is 2. The molecule has 5 nitrogen and oxygen atoms in total. The Morgan fingerprint density at radius 2 is 2.07 bits per heavy atom. The van der Waals surface area contributed by atoms with Gasteiger partial charge in [0.25, 0.3) is 0 Å². The first-order chi connectivity index (χ1) is 12.6. The van der Waals surface area contributed by atoms with Crippen LogP contribution in [0.25, 0.3) is 0 Å². The van der Waals surface area contributed by atoms with Gasteiger partial charge in [0.1, 0.15) is 5.82 Å². The van der Waals surface area contributed by atoms with E-state index < -0.39 is 0 Å². The molecule has 0 fully saturated rings. The lowest BCUT2D eigenvalue weighted by molar-refractivity contribution is 0.625. The normalized spacial score (nSPS) is 11.2. The maximum Gasteiger partial charge on any atom is 0.191 e. The van der Waals surface area contributed by atoms with E-state index in [1.807, 2.05) is 32.4 Å². The van der Waals surface area contributed by atoms with Crippen LogP contribution in [0, 0.1) is 12.7 Å². The molecule has 3 N–H and O–H groups in total. The number of rotatable bonds is 9. The van der Waals surface area contributed by atoms with Gasteiger partial charge in [-0.2, -0.15) is 16.9 Å². The van der Waals surface area contributed by atoms with E-state index in [9.17, 15) is 4.39 Å². The van der Waals surface area contributed by atoms with Crippen molar-refractivity contribution in [2.45, 2.75) is 39.0 Å². The first-order valence-electron chi connectivity index (χ1n) is 8.91. The van der Waals surface area contributed by atoms with Gasteiger partial charge >= 0.3 is 0 Å². The number of nitrogens with zero attached hydrogens (tertiary/aromatic N) is 2. The molecule has 8 heteroatoms. The highest BCUT2D eigenvalue weighted by molar-refractivity contribution is 14.0. The van der Waals surface area contributed by atoms with Gasteiger partial charge < -0.3 is 10.6 Å². The third-order valence-corrected chi connectivity index (χ3v) is 4.67. The molecule has 0 atom stereocenters. The molecule has 0 spiro atoms. The minimum atomic E-state index is -0.193. The monoisotopic (exact) mass is 505 g/mol. The van der Waals surface area contributed by atoms with Crippen molar-refractivity contribution in [3.8, 4) is 0 Å². The summed E-state index contributed by atoms with van der Waals surface area (Å²) in [6.07, 6.45) is 5.88. The number of aromatic amines is 1. The molecule has 0 aliphatic carbocycles. The largest absolute Gasteiger partial charge is 0.357 e. The Morgan fingerprint density at radius 3 is 2.74 bits per heavy atom. The lowest BCUT2D eigenvalue weighted by atomic mass is 10.1. The van der Waals surface area contributed by atoms with Crippen molar-refractivity contribution in [2.24, 2.45) is 4.99 Å². The van der Waals surface area contributed by atoms with Gasteiger partial charge in [-0.15, -0.1) is 24.0 Å². The van der Waals surface area contributed by atoms with Crippen LogP contribution in [0.4, 0.5) is 4.39 Å². The van der Waals surface area contributed by atoms with E-state index >= 15 is 0 Å². The number of aliphatic imine (C=N–C) groups is 1. The van der Waals surface area contributed by atoms with Crippen LogP contribution in [0.5, 0.6) is 0 Å². The summed E-state index contributed by atoms with van der Waals surface area (Å²) >= 11 is 1.68. The number of guanidine groups is 1. The Hall–Kier alpha value is -1.29. The third kappa shape index (κ3) is 8.08. The number of thioether (sulfide) groups is 1. The fraction of sp³-hybridized carbons (Fsp3) is 0.474. The van der Waals surface area contributed by atoms with Gasteiger partial charge in [-0.05, 0) is 61.8 Å². The van der Waals surface area contributed by atoms with Crippen LogP contribution in [-0.4, -0.2) is 35.5 Å². The van der Waals surface area contributed by atoms with Crippen LogP contribution in [0.3, 0.4) is 0 Å². The van der Waals surface area contributed by atoms with Crippen molar-refractivity contribution < 1.29 is 4.39 Å². The van der Waals surface area contributed by atoms with Gasteiger partial charge in [0.05, 0.1) is 12.7 Å². The fourth-order valence-electron chi connectivity index (χ4n) is 2.66. The number of hydrogen-bond donors (Lipinski definition) is 3. The molecule has 0 aliphatic rings. The first-order valence-corrected chi connectivity index (χ1v) is 10.3. The number of benzene rings is 1. The average molecular weight is 505 g/mol. The highest BCUT2D eigenvalue weighted by Gasteiger charge is 2.05. The van der Waals surface area contributed by atoms with Crippen LogP contribution in [0.15, 0.2) is 29.4 Å². The standard InChI is InChI=1S/C19H28FN5S.HI/c1-4-21-19(22-9-5-6-15-12-24-25-14(15)2)23-11-16-7-8-18(20)10-17(16)13-26-3;/h7-8,10,12H,4-6,9,11,13H2,1-3H3,(H,24,25)(H2,21,22,23);1H. The molecule has 1 aromatic carbocycles. The zero-order valence-corrected chi connectivity index (χ0v) is 19.3.